The molecule has 0 bridgehead atoms. The van der Waals surface area contributed by atoms with E-state index in [0.717, 1.165) is 0 Å². The van der Waals surface area contributed by atoms with Crippen LogP contribution in [0.1, 0.15) is 35.4 Å². The number of halogens is 1. The maximum Gasteiger partial charge on any atom is 0.407 e. The molecule has 0 saturated carbocycles. The Balaban J connectivity index is 1.23. The zero-order chi connectivity index (χ0) is 22.0. The normalized spacial score (nSPS) is 19.5. The van der Waals surface area contributed by atoms with Gasteiger partial charge in [0.05, 0.1) is 30.3 Å². The molecule has 0 aliphatic carbocycles. The molecule has 2 amide bonds. The van der Waals surface area contributed by atoms with Crippen LogP contribution in [0.25, 0.3) is 0 Å². The lowest BCUT2D eigenvalue weighted by atomic mass is 10.0. The Morgan fingerprint density at radius 1 is 1.29 bits per heavy atom. The number of H-pyrrole nitrogens is 1. The van der Waals surface area contributed by atoms with Crippen LogP contribution < -0.4 is 15.8 Å². The van der Waals surface area contributed by atoms with Gasteiger partial charge in [0.15, 0.2) is 0 Å². The van der Waals surface area contributed by atoms with Crippen LogP contribution in [-0.4, -0.2) is 65.4 Å². The van der Waals surface area contributed by atoms with Crippen molar-refractivity contribution in [2.75, 3.05) is 31.1 Å². The predicted octanol–water partition coefficient (Wildman–Crippen LogP) is 1.93. The number of ether oxygens (including phenoxy) is 1. The number of carbonyl (C=O) groups excluding carboxylic acids is 2. The first-order chi connectivity index (χ1) is 14.9. The molecule has 0 radical (unpaired) electrons. The summed E-state index contributed by atoms with van der Waals surface area (Å²) in [4.78, 5) is 40.2. The summed E-state index contributed by atoms with van der Waals surface area (Å²) in [6, 6.07) is 1.63. The molecule has 2 aromatic heterocycles. The van der Waals surface area contributed by atoms with Crippen LogP contribution in [0.5, 0.6) is 0 Å². The average Bonchev–Trinajstić information content (AvgIpc) is 3.39. The lowest BCUT2D eigenvalue weighted by Gasteiger charge is -2.32. The third-order valence-electron chi connectivity index (χ3n) is 5.73. The molecule has 31 heavy (non-hydrogen) atoms. The highest BCUT2D eigenvalue weighted by Crippen LogP contribution is 2.26. The van der Waals surface area contributed by atoms with Gasteiger partial charge in [-0.3, -0.25) is 9.59 Å². The van der Waals surface area contributed by atoms with Gasteiger partial charge in [0.2, 0.25) is 0 Å². The number of likely N-dealkylation sites (tertiary alicyclic amines) is 1. The van der Waals surface area contributed by atoms with Gasteiger partial charge in [-0.05, 0) is 25.8 Å². The van der Waals surface area contributed by atoms with Crippen molar-refractivity contribution in [1.82, 2.24) is 20.4 Å². The van der Waals surface area contributed by atoms with Gasteiger partial charge in [0.25, 0.3) is 11.5 Å². The lowest BCUT2D eigenvalue weighted by molar-refractivity contribution is 0.0691. The molecule has 0 unspecified atom stereocenters. The van der Waals surface area contributed by atoms with Crippen LogP contribution >= 0.6 is 11.6 Å². The van der Waals surface area contributed by atoms with Gasteiger partial charge in [-0.15, -0.1) is 0 Å². The minimum absolute atomic E-state index is 0.0498. The number of rotatable bonds is 4. The second-order valence-electron chi connectivity index (χ2n) is 7.76. The van der Waals surface area contributed by atoms with Crippen LogP contribution in [0.15, 0.2) is 27.7 Å². The molecule has 4 heterocycles. The van der Waals surface area contributed by atoms with Crippen LogP contribution in [-0.2, 0) is 4.74 Å². The number of nitrogens with one attached hydrogen (secondary N) is 2. The Morgan fingerprint density at radius 2 is 2.06 bits per heavy atom. The molecule has 0 aromatic carbocycles. The van der Waals surface area contributed by atoms with Gasteiger partial charge >= 0.3 is 6.09 Å². The fraction of sp³-hybridized carbons (Fsp3) is 0.500. The van der Waals surface area contributed by atoms with Crippen molar-refractivity contribution in [2.45, 2.75) is 38.3 Å². The summed E-state index contributed by atoms with van der Waals surface area (Å²) in [5.74, 6) is 0.558. The van der Waals surface area contributed by atoms with Crippen LogP contribution in [0, 0.1) is 6.92 Å². The third kappa shape index (κ3) is 4.68. The zero-order valence-corrected chi connectivity index (χ0v) is 17.9. The smallest absolute Gasteiger partial charge is 0.407 e. The monoisotopic (exact) mass is 449 g/mol. The van der Waals surface area contributed by atoms with E-state index in [1.807, 2.05) is 4.90 Å². The van der Waals surface area contributed by atoms with Crippen molar-refractivity contribution in [1.29, 1.82) is 0 Å². The molecular weight excluding hydrogens is 426 g/mol. The zero-order valence-electron chi connectivity index (χ0n) is 17.1. The summed E-state index contributed by atoms with van der Waals surface area (Å²) in [6.07, 6.45) is 4.17. The molecular formula is C20H24ClN5O5. The van der Waals surface area contributed by atoms with E-state index in [0.29, 0.717) is 62.5 Å². The number of furan rings is 1. The minimum atomic E-state index is -0.475. The Hall–Kier alpha value is -3.01. The minimum Gasteiger partial charge on any atom is -0.469 e. The average molecular weight is 450 g/mol. The largest absolute Gasteiger partial charge is 0.469 e. The van der Waals surface area contributed by atoms with Gasteiger partial charge in [0.1, 0.15) is 16.9 Å². The lowest BCUT2D eigenvalue weighted by Crippen LogP contribution is -2.47. The maximum absolute atomic E-state index is 12.5. The summed E-state index contributed by atoms with van der Waals surface area (Å²) < 4.78 is 10.8. The first kappa shape index (κ1) is 21.2. The number of aromatic nitrogens is 2. The van der Waals surface area contributed by atoms with E-state index in [1.54, 1.807) is 17.9 Å². The highest BCUT2D eigenvalue weighted by atomic mass is 35.5. The Morgan fingerprint density at radius 3 is 2.77 bits per heavy atom. The molecule has 2 aromatic rings. The topological polar surface area (TPSA) is 121 Å². The fourth-order valence-electron chi connectivity index (χ4n) is 3.99. The van der Waals surface area contributed by atoms with Crippen molar-refractivity contribution in [3.63, 3.8) is 0 Å². The number of nitrogens with zero attached hydrogens (tertiary/aromatic N) is 3. The van der Waals surface area contributed by atoms with E-state index in [-0.39, 0.29) is 23.1 Å². The number of alkyl carbamates (subject to hydrolysis) is 1. The molecule has 2 N–H and O–H groups in total. The maximum atomic E-state index is 12.5. The number of aryl methyl sites for hydroxylation is 1. The van der Waals surface area contributed by atoms with Gasteiger partial charge in [-0.2, -0.15) is 5.10 Å². The Labute approximate surface area is 183 Å². The molecule has 10 nitrogen and oxygen atoms in total. The SMILES string of the molecule is Cc1occc1C(=O)N1CCC(NC(=O)O[C@@H]2CCN(c3cn[nH]c(=O)c3Cl)C2)CC1. The summed E-state index contributed by atoms with van der Waals surface area (Å²) in [5.41, 5.74) is 0.656. The summed E-state index contributed by atoms with van der Waals surface area (Å²) >= 11 is 6.05. The van der Waals surface area contributed by atoms with Crippen LogP contribution in [0.2, 0.25) is 5.02 Å². The van der Waals surface area contributed by atoms with Gasteiger partial charge in [-0.25, -0.2) is 9.89 Å². The highest BCUT2D eigenvalue weighted by Gasteiger charge is 2.30. The number of amides is 2. The molecule has 2 aliphatic rings. The summed E-state index contributed by atoms with van der Waals surface area (Å²) in [5, 5.41) is 9.03. The van der Waals surface area contributed by atoms with Gasteiger partial charge < -0.3 is 24.3 Å². The summed E-state index contributed by atoms with van der Waals surface area (Å²) in [6.45, 7) is 3.92. The van der Waals surface area contributed by atoms with E-state index in [9.17, 15) is 14.4 Å². The molecule has 4 rings (SSSR count). The van der Waals surface area contributed by atoms with E-state index >= 15 is 0 Å². The van der Waals surface area contributed by atoms with E-state index < -0.39 is 11.7 Å². The van der Waals surface area contributed by atoms with Crippen molar-refractivity contribution in [3.05, 3.63) is 45.2 Å². The molecule has 2 saturated heterocycles. The number of carbonyl (C=O) groups is 2. The number of hydrogen-bond donors (Lipinski definition) is 2. The van der Waals surface area contributed by atoms with Crippen LogP contribution in [0.3, 0.4) is 0 Å². The van der Waals surface area contributed by atoms with Crippen molar-refractivity contribution in [3.8, 4) is 0 Å². The number of hydrogen-bond acceptors (Lipinski definition) is 7. The molecule has 1 atom stereocenters. The molecule has 2 aliphatic heterocycles. The molecule has 2 fully saturated rings. The van der Waals surface area contributed by atoms with E-state index in [4.69, 9.17) is 20.8 Å². The second kappa shape index (κ2) is 9.01. The number of aromatic amines is 1. The Bertz CT molecular complexity index is 1010. The fourth-order valence-corrected chi connectivity index (χ4v) is 4.20. The van der Waals surface area contributed by atoms with Crippen molar-refractivity contribution in [2.24, 2.45) is 0 Å². The number of anilines is 1. The quantitative estimate of drug-likeness (QED) is 0.731. The van der Waals surface area contributed by atoms with Crippen LogP contribution in [0.4, 0.5) is 10.5 Å². The Kier molecular flexibility index (Phi) is 6.17. The summed E-state index contributed by atoms with van der Waals surface area (Å²) in [7, 11) is 0. The van der Waals surface area contributed by atoms with Gasteiger partial charge in [0, 0.05) is 32.1 Å². The second-order valence-corrected chi connectivity index (χ2v) is 8.14. The highest BCUT2D eigenvalue weighted by molar-refractivity contribution is 6.33. The standard InChI is InChI=1S/C20H24ClN5O5/c1-12-15(5-9-30-12)19(28)25-6-2-13(3-7-25)23-20(29)31-14-4-8-26(11-14)16-10-22-24-18(27)17(16)21/h5,9-10,13-14H,2-4,6-8,11H2,1H3,(H,23,29)(H,24,27)/t14-/m1/s1. The van der Waals surface area contributed by atoms with Gasteiger partial charge in [-0.1, -0.05) is 11.6 Å². The van der Waals surface area contributed by atoms with E-state index in [1.165, 1.54) is 12.5 Å². The third-order valence-corrected chi connectivity index (χ3v) is 6.10. The van der Waals surface area contributed by atoms with Crippen molar-refractivity contribution < 1.29 is 18.7 Å². The molecule has 166 valence electrons. The molecule has 11 heteroatoms. The first-order valence-electron chi connectivity index (χ1n) is 10.2. The number of piperidine rings is 1. The molecule has 0 spiro atoms. The predicted molar refractivity (Wildman–Crippen MR) is 112 cm³/mol. The van der Waals surface area contributed by atoms with Crippen molar-refractivity contribution >= 4 is 29.3 Å². The van der Waals surface area contributed by atoms with E-state index in [2.05, 4.69) is 15.5 Å². The first-order valence-corrected chi connectivity index (χ1v) is 10.6.